The SMILES string of the molecule is CCCCCCCCCCCCOS(=O)(=O)OCCCCCCCCCCCC.CCO.[NaH]. The van der Waals surface area contributed by atoms with E-state index in [2.05, 4.69) is 13.8 Å². The quantitative estimate of drug-likeness (QED) is 0.109. The van der Waals surface area contributed by atoms with E-state index in [1.165, 1.54) is 89.9 Å². The Labute approximate surface area is 229 Å². The summed E-state index contributed by atoms with van der Waals surface area (Å²) in [4.78, 5) is 0. The summed E-state index contributed by atoms with van der Waals surface area (Å²) in [5, 5.41) is 7.57. The van der Waals surface area contributed by atoms with Crippen LogP contribution in [0.3, 0.4) is 0 Å². The van der Waals surface area contributed by atoms with Crippen LogP contribution >= 0.6 is 0 Å². The summed E-state index contributed by atoms with van der Waals surface area (Å²) < 4.78 is 33.3. The van der Waals surface area contributed by atoms with Crippen LogP contribution in [-0.4, -0.2) is 62.9 Å². The van der Waals surface area contributed by atoms with Crippen LogP contribution in [0.2, 0.25) is 0 Å². The zero-order valence-electron chi connectivity index (χ0n) is 21.8. The third kappa shape index (κ3) is 37.5. The molecule has 0 amide bonds. The maximum atomic E-state index is 11.7. The van der Waals surface area contributed by atoms with Crippen LogP contribution in [0.5, 0.6) is 0 Å². The van der Waals surface area contributed by atoms with E-state index in [0.29, 0.717) is 0 Å². The fourth-order valence-electron chi connectivity index (χ4n) is 3.53. The summed E-state index contributed by atoms with van der Waals surface area (Å²) in [5.74, 6) is 0. The first-order valence-electron chi connectivity index (χ1n) is 13.7. The number of unbranched alkanes of at least 4 members (excludes halogenated alkanes) is 18. The zero-order chi connectivity index (χ0) is 24.2. The van der Waals surface area contributed by atoms with Gasteiger partial charge in [0.2, 0.25) is 0 Å². The molecule has 33 heavy (non-hydrogen) atoms. The number of hydrogen-bond donors (Lipinski definition) is 1. The van der Waals surface area contributed by atoms with Gasteiger partial charge in [-0.25, -0.2) is 8.37 Å². The third-order valence-corrected chi connectivity index (χ3v) is 6.36. The van der Waals surface area contributed by atoms with Crippen LogP contribution in [0, 0.1) is 0 Å². The number of hydrogen-bond acceptors (Lipinski definition) is 5. The molecule has 0 atom stereocenters. The van der Waals surface area contributed by atoms with E-state index in [4.69, 9.17) is 13.5 Å². The Kier molecular flexibility index (Phi) is 38.2. The molecule has 0 saturated carbocycles. The van der Waals surface area contributed by atoms with Crippen LogP contribution in [0.25, 0.3) is 0 Å². The van der Waals surface area contributed by atoms with E-state index >= 15 is 0 Å². The molecule has 0 bridgehead atoms. The average Bonchev–Trinajstić information content (AvgIpc) is 2.76. The van der Waals surface area contributed by atoms with Crippen molar-refractivity contribution in [1.29, 1.82) is 0 Å². The van der Waals surface area contributed by atoms with Crippen molar-refractivity contribution >= 4 is 40.0 Å². The van der Waals surface area contributed by atoms with Crippen molar-refractivity contribution in [3.8, 4) is 0 Å². The number of rotatable bonds is 24. The summed E-state index contributed by atoms with van der Waals surface area (Å²) in [7, 11) is -3.80. The molecule has 5 nitrogen and oxygen atoms in total. The van der Waals surface area contributed by atoms with E-state index in [1.54, 1.807) is 6.92 Å². The minimum atomic E-state index is -3.80. The molecule has 0 fully saturated rings. The van der Waals surface area contributed by atoms with Gasteiger partial charge >= 0.3 is 40.0 Å². The van der Waals surface area contributed by atoms with E-state index in [1.807, 2.05) is 0 Å². The standard InChI is InChI=1S/C24H50O4S.C2H6O.Na.H/c1-3-5-7-9-11-13-15-17-19-21-23-27-29(25,26)28-24-22-20-18-16-14-12-10-8-6-4-2;1-2-3;;/h3-24H2,1-2H3;3H,2H2,1H3;;. The van der Waals surface area contributed by atoms with Crippen molar-refractivity contribution < 1.29 is 21.9 Å². The van der Waals surface area contributed by atoms with Gasteiger partial charge in [0, 0.05) is 6.61 Å². The average molecular weight is 505 g/mol. The Hall–Kier alpha value is 0.830. The Bertz CT molecular complexity index is 400. The van der Waals surface area contributed by atoms with Crippen molar-refractivity contribution in [3.05, 3.63) is 0 Å². The predicted octanol–water partition coefficient (Wildman–Crippen LogP) is 7.46. The first kappa shape index (κ1) is 38.4. The number of aliphatic hydroxyl groups is 1. The van der Waals surface area contributed by atoms with Crippen molar-refractivity contribution in [2.75, 3.05) is 19.8 Å². The Balaban J connectivity index is -0.00000212. The molecule has 0 aromatic rings. The van der Waals surface area contributed by atoms with Crippen LogP contribution in [0.15, 0.2) is 0 Å². The van der Waals surface area contributed by atoms with Crippen LogP contribution < -0.4 is 0 Å². The zero-order valence-corrected chi connectivity index (χ0v) is 22.6. The normalized spacial score (nSPS) is 11.0. The third-order valence-electron chi connectivity index (χ3n) is 5.45. The minimum absolute atomic E-state index is 0. The molecule has 0 heterocycles. The molecule has 0 aliphatic heterocycles. The van der Waals surface area contributed by atoms with Gasteiger partial charge in [-0.15, -0.1) is 0 Å². The second-order valence-corrected chi connectivity index (χ2v) is 10.0. The first-order valence-corrected chi connectivity index (χ1v) is 15.0. The molecule has 0 aliphatic carbocycles. The molecule has 198 valence electrons. The van der Waals surface area contributed by atoms with Crippen LogP contribution in [0.4, 0.5) is 0 Å². The predicted molar refractivity (Wildman–Crippen MR) is 144 cm³/mol. The topological polar surface area (TPSA) is 72.8 Å². The van der Waals surface area contributed by atoms with Gasteiger partial charge in [-0.1, -0.05) is 129 Å². The van der Waals surface area contributed by atoms with Crippen molar-refractivity contribution in [1.82, 2.24) is 0 Å². The second-order valence-electron chi connectivity index (χ2n) is 8.73. The number of aliphatic hydroxyl groups excluding tert-OH is 1. The van der Waals surface area contributed by atoms with Gasteiger partial charge in [0.25, 0.3) is 0 Å². The van der Waals surface area contributed by atoms with E-state index in [-0.39, 0.29) is 49.4 Å². The molecule has 0 radical (unpaired) electrons. The second kappa shape index (κ2) is 32.8. The summed E-state index contributed by atoms with van der Waals surface area (Å²) in [6, 6.07) is 0. The molecule has 0 rings (SSSR count). The molecule has 0 aromatic carbocycles. The molecule has 0 saturated heterocycles. The Morgan fingerprint density at radius 2 is 0.697 bits per heavy atom. The van der Waals surface area contributed by atoms with Gasteiger partial charge in [0.05, 0.1) is 13.2 Å². The fraction of sp³-hybridized carbons (Fsp3) is 1.00. The first-order chi connectivity index (χ1) is 15.5. The Morgan fingerprint density at radius 3 is 0.939 bits per heavy atom. The van der Waals surface area contributed by atoms with Crippen LogP contribution in [0.1, 0.15) is 149 Å². The molecule has 0 unspecified atom stereocenters. The molecular weight excluding hydrogens is 447 g/mol. The molecule has 0 aliphatic rings. The summed E-state index contributed by atoms with van der Waals surface area (Å²) in [6.07, 6.45) is 24.4. The van der Waals surface area contributed by atoms with Crippen LogP contribution in [-0.2, 0) is 18.8 Å². The van der Waals surface area contributed by atoms with Gasteiger partial charge < -0.3 is 5.11 Å². The van der Waals surface area contributed by atoms with Gasteiger partial charge in [-0.3, -0.25) is 0 Å². The summed E-state index contributed by atoms with van der Waals surface area (Å²) >= 11 is 0. The van der Waals surface area contributed by atoms with Gasteiger partial charge in [-0.2, -0.15) is 8.42 Å². The maximum absolute atomic E-state index is 11.7. The summed E-state index contributed by atoms with van der Waals surface area (Å²) in [6.45, 7) is 6.91. The summed E-state index contributed by atoms with van der Waals surface area (Å²) in [5.41, 5.74) is 0. The van der Waals surface area contributed by atoms with E-state index in [0.717, 1.165) is 38.5 Å². The van der Waals surface area contributed by atoms with Crippen molar-refractivity contribution in [2.45, 2.75) is 149 Å². The molecule has 1 N–H and O–H groups in total. The Morgan fingerprint density at radius 1 is 0.485 bits per heavy atom. The molecule has 0 aromatic heterocycles. The van der Waals surface area contributed by atoms with Crippen molar-refractivity contribution in [3.63, 3.8) is 0 Å². The molecule has 0 spiro atoms. The monoisotopic (exact) mass is 504 g/mol. The van der Waals surface area contributed by atoms with E-state index in [9.17, 15) is 8.42 Å². The molecular formula is C26H57NaO5S. The van der Waals surface area contributed by atoms with Gasteiger partial charge in [0.15, 0.2) is 0 Å². The van der Waals surface area contributed by atoms with E-state index < -0.39 is 10.4 Å². The molecule has 7 heteroatoms. The van der Waals surface area contributed by atoms with Gasteiger partial charge in [-0.05, 0) is 19.8 Å². The fourth-order valence-corrected chi connectivity index (χ4v) is 4.25. The van der Waals surface area contributed by atoms with Gasteiger partial charge in [0.1, 0.15) is 0 Å². The van der Waals surface area contributed by atoms with Crippen molar-refractivity contribution in [2.24, 2.45) is 0 Å².